The average molecular weight is 455 g/mol. The smallest absolute Gasteiger partial charge is 0.257 e. The van der Waals surface area contributed by atoms with E-state index in [2.05, 4.69) is 35.2 Å². The van der Waals surface area contributed by atoms with Crippen molar-refractivity contribution in [1.82, 2.24) is 15.1 Å². The van der Waals surface area contributed by atoms with Gasteiger partial charge in [-0.25, -0.2) is 0 Å². The van der Waals surface area contributed by atoms with E-state index in [1.165, 1.54) is 0 Å². The number of carbonyl (C=O) groups excluding carboxylic acids is 2. The van der Waals surface area contributed by atoms with Gasteiger partial charge in [0, 0.05) is 17.7 Å². The second-order valence-electron chi connectivity index (χ2n) is 10.6. The van der Waals surface area contributed by atoms with Crippen LogP contribution in [0.3, 0.4) is 0 Å². The number of aromatic nitrogens is 2. The van der Waals surface area contributed by atoms with E-state index in [9.17, 15) is 9.59 Å². The number of nitrogens with one attached hydrogen (secondary N) is 2. The number of H-pyrrole nitrogens is 1. The first-order valence-corrected chi connectivity index (χ1v) is 14.8. The summed E-state index contributed by atoms with van der Waals surface area (Å²) in [5.74, 6) is 0.522. The quantitative estimate of drug-likeness (QED) is 0.626. The fraction of sp³-hybridized carbons (Fsp3) is 0.542. The van der Waals surface area contributed by atoms with Crippen molar-refractivity contribution in [3.05, 3.63) is 47.2 Å². The van der Waals surface area contributed by atoms with Gasteiger partial charge in [0.15, 0.2) is 11.9 Å². The molecule has 0 bridgehead atoms. The van der Waals surface area contributed by atoms with Gasteiger partial charge in [-0.2, -0.15) is 5.10 Å². The number of anilines is 1. The Morgan fingerprint density at radius 2 is 1.84 bits per heavy atom. The molecule has 1 saturated carbocycles. The van der Waals surface area contributed by atoms with Crippen LogP contribution in [-0.2, 0) is 26.4 Å². The molecule has 2 heterocycles. The van der Waals surface area contributed by atoms with Crippen LogP contribution < -0.4 is 5.32 Å². The third-order valence-electron chi connectivity index (χ3n) is 7.61. The van der Waals surface area contributed by atoms with Gasteiger partial charge in [0.25, 0.3) is 5.91 Å². The van der Waals surface area contributed by atoms with Crippen LogP contribution in [0, 0.1) is 0 Å². The van der Waals surface area contributed by atoms with E-state index in [1.54, 1.807) is 7.11 Å². The topological polar surface area (TPSA) is 87.3 Å². The Morgan fingerprint density at radius 1 is 1.19 bits per heavy atom. The van der Waals surface area contributed by atoms with Crippen LogP contribution in [0.4, 0.5) is 5.82 Å². The summed E-state index contributed by atoms with van der Waals surface area (Å²) in [4.78, 5) is 28.7. The zero-order valence-corrected chi connectivity index (χ0v) is 20.9. The number of fused-ring (bicyclic) bond motifs is 1. The van der Waals surface area contributed by atoms with Crippen LogP contribution in [-0.4, -0.2) is 42.1 Å². The van der Waals surface area contributed by atoms with Crippen molar-refractivity contribution in [3.63, 3.8) is 0 Å². The van der Waals surface area contributed by atoms with Crippen LogP contribution >= 0.6 is 0 Å². The number of benzene rings is 1. The maximum Gasteiger partial charge on any atom is 0.257 e. The monoisotopic (exact) mass is 454 g/mol. The molecule has 32 heavy (non-hydrogen) atoms. The highest BCUT2D eigenvalue weighted by molar-refractivity contribution is 6.83. The second-order valence-corrected chi connectivity index (χ2v) is 16.0. The Balaban J connectivity index is 1.59. The number of rotatable bonds is 6. The molecule has 2 amide bonds. The third-order valence-corrected chi connectivity index (χ3v) is 11.2. The van der Waals surface area contributed by atoms with Crippen LogP contribution in [0.2, 0.25) is 24.7 Å². The molecule has 1 aliphatic heterocycles. The van der Waals surface area contributed by atoms with Crippen molar-refractivity contribution in [2.75, 3.05) is 12.4 Å². The Labute approximate surface area is 190 Å². The molecule has 1 aromatic heterocycles. The van der Waals surface area contributed by atoms with E-state index in [4.69, 9.17) is 4.74 Å². The maximum atomic E-state index is 13.5. The van der Waals surface area contributed by atoms with Gasteiger partial charge in [-0.3, -0.25) is 14.7 Å². The first-order valence-electron chi connectivity index (χ1n) is 11.3. The van der Waals surface area contributed by atoms with Gasteiger partial charge in [0.2, 0.25) is 5.91 Å². The lowest BCUT2D eigenvalue weighted by molar-refractivity contribution is -0.148. The van der Waals surface area contributed by atoms with Crippen molar-refractivity contribution in [2.45, 2.75) is 76.0 Å². The first-order chi connectivity index (χ1) is 15.0. The van der Waals surface area contributed by atoms with Gasteiger partial charge in [-0.05, 0) is 32.3 Å². The summed E-state index contributed by atoms with van der Waals surface area (Å²) < 4.78 is 5.60. The van der Waals surface area contributed by atoms with Crippen molar-refractivity contribution in [2.24, 2.45) is 0 Å². The molecule has 8 heteroatoms. The lowest BCUT2D eigenvalue weighted by atomic mass is 9.83. The minimum Gasteiger partial charge on any atom is -0.367 e. The minimum absolute atomic E-state index is 0.0823. The largest absolute Gasteiger partial charge is 0.367 e. The predicted molar refractivity (Wildman–Crippen MR) is 127 cm³/mol. The Kier molecular flexibility index (Phi) is 5.57. The van der Waals surface area contributed by atoms with Gasteiger partial charge < -0.3 is 15.0 Å². The van der Waals surface area contributed by atoms with Crippen LogP contribution in [0.5, 0.6) is 0 Å². The van der Waals surface area contributed by atoms with E-state index < -0.39 is 19.7 Å². The molecular weight excluding hydrogens is 420 g/mol. The first kappa shape index (κ1) is 22.7. The zero-order valence-electron chi connectivity index (χ0n) is 19.9. The molecule has 7 nitrogen and oxygen atoms in total. The van der Waals surface area contributed by atoms with Gasteiger partial charge in [0.05, 0.1) is 25.9 Å². The molecule has 2 N–H and O–H groups in total. The maximum absolute atomic E-state index is 13.5. The SMILES string of the molecule is CO[C@@H](C(=O)N1Cc2c(NC(=O)C3([Si](C)(C)C)CCC3)n[nH]c2C1(C)C)c1ccccc1. The highest BCUT2D eigenvalue weighted by Crippen LogP contribution is 2.56. The van der Waals surface area contributed by atoms with Crippen LogP contribution in [0.1, 0.15) is 56.0 Å². The zero-order chi connectivity index (χ0) is 23.3. The van der Waals surface area contributed by atoms with Gasteiger partial charge in [-0.15, -0.1) is 0 Å². The molecule has 0 radical (unpaired) electrons. The summed E-state index contributed by atoms with van der Waals surface area (Å²) in [6.07, 6.45) is 2.31. The summed E-state index contributed by atoms with van der Waals surface area (Å²) in [6.45, 7) is 11.2. The van der Waals surface area contributed by atoms with Crippen LogP contribution in [0.25, 0.3) is 0 Å². The Hall–Kier alpha value is -2.45. The van der Waals surface area contributed by atoms with Crippen molar-refractivity contribution in [1.29, 1.82) is 0 Å². The summed E-state index contributed by atoms with van der Waals surface area (Å²) in [6, 6.07) is 9.52. The number of hydrogen-bond donors (Lipinski definition) is 2. The van der Waals surface area contributed by atoms with Gasteiger partial charge >= 0.3 is 0 Å². The average Bonchev–Trinajstić information content (AvgIpc) is 3.19. The summed E-state index contributed by atoms with van der Waals surface area (Å²) in [7, 11) is -0.139. The second kappa shape index (κ2) is 7.85. The standard InChI is InChI=1S/C24H34N4O3Si/c1-23(2)19-17(15-28(23)21(29)18(31-3)16-11-8-7-9-12-16)20(27-26-19)25-22(30)24(13-10-14-24)32(4,5)6/h7-9,11-12,18H,10,13-15H2,1-6H3,(H2,25,26,27,30)/t18-/m1/s1. The molecule has 1 aliphatic carbocycles. The number of aromatic amines is 1. The summed E-state index contributed by atoms with van der Waals surface area (Å²) >= 11 is 0. The minimum atomic E-state index is -1.69. The molecule has 2 aliphatic rings. The lowest BCUT2D eigenvalue weighted by Crippen LogP contribution is -2.52. The van der Waals surface area contributed by atoms with E-state index in [-0.39, 0.29) is 16.9 Å². The Morgan fingerprint density at radius 3 is 2.38 bits per heavy atom. The third kappa shape index (κ3) is 3.40. The van der Waals surface area contributed by atoms with E-state index in [1.807, 2.05) is 49.1 Å². The fourth-order valence-electron chi connectivity index (χ4n) is 5.20. The van der Waals surface area contributed by atoms with E-state index in [0.717, 1.165) is 36.1 Å². The number of nitrogens with zero attached hydrogens (tertiary/aromatic N) is 2. The normalized spacial score (nSPS) is 19.8. The molecule has 0 unspecified atom stereocenters. The molecule has 0 saturated heterocycles. The lowest BCUT2D eigenvalue weighted by Gasteiger charge is -2.48. The molecule has 0 spiro atoms. The van der Waals surface area contributed by atoms with Gasteiger partial charge in [-0.1, -0.05) is 56.4 Å². The molecule has 172 valence electrons. The predicted octanol–water partition coefficient (Wildman–Crippen LogP) is 4.58. The molecule has 1 aromatic carbocycles. The summed E-state index contributed by atoms with van der Waals surface area (Å²) in [5, 5.41) is 10.4. The molecule has 1 atom stereocenters. The van der Waals surface area contributed by atoms with Crippen LogP contribution in [0.15, 0.2) is 30.3 Å². The van der Waals surface area contributed by atoms with E-state index in [0.29, 0.717) is 12.4 Å². The number of amides is 2. The molecular formula is C24H34N4O3Si. The highest BCUT2D eigenvalue weighted by atomic mass is 28.3. The Bertz CT molecular complexity index is 1020. The van der Waals surface area contributed by atoms with Crippen molar-refractivity contribution >= 4 is 25.7 Å². The number of hydrogen-bond acceptors (Lipinski definition) is 4. The van der Waals surface area contributed by atoms with Gasteiger partial charge in [0.1, 0.15) is 0 Å². The highest BCUT2D eigenvalue weighted by Gasteiger charge is 2.54. The molecule has 4 rings (SSSR count). The summed E-state index contributed by atoms with van der Waals surface area (Å²) in [5.41, 5.74) is 1.96. The van der Waals surface area contributed by atoms with E-state index >= 15 is 0 Å². The molecule has 2 aromatic rings. The number of methoxy groups -OCH3 is 1. The number of carbonyl (C=O) groups is 2. The molecule has 1 fully saturated rings. The van der Waals surface area contributed by atoms with Crippen molar-refractivity contribution in [3.8, 4) is 0 Å². The van der Waals surface area contributed by atoms with Crippen molar-refractivity contribution < 1.29 is 14.3 Å². The fourth-order valence-corrected chi connectivity index (χ4v) is 7.79. The number of ether oxygens (including phenoxy) is 1.